The van der Waals surface area contributed by atoms with E-state index in [4.69, 9.17) is 9.26 Å². The zero-order valence-corrected chi connectivity index (χ0v) is 13.7. The number of carbonyl (C=O) groups excluding carboxylic acids is 1. The fourth-order valence-electron chi connectivity index (χ4n) is 3.07. The number of amides is 1. The maximum atomic E-state index is 13.4. The number of hydrogen-bond acceptors (Lipinski definition) is 5. The normalized spacial score (nSPS) is 16.9. The molecule has 6 nitrogen and oxygen atoms in total. The van der Waals surface area contributed by atoms with E-state index in [0.717, 1.165) is 25.9 Å². The molecule has 1 aromatic heterocycles. The molecule has 0 aliphatic carbocycles. The number of piperidine rings is 1. The van der Waals surface area contributed by atoms with E-state index in [0.29, 0.717) is 36.1 Å². The van der Waals surface area contributed by atoms with Crippen LogP contribution < -0.4 is 10.6 Å². The molecule has 24 heavy (non-hydrogen) atoms. The van der Waals surface area contributed by atoms with Gasteiger partial charge in [0.15, 0.2) is 5.58 Å². The molecule has 0 atom stereocenters. The summed E-state index contributed by atoms with van der Waals surface area (Å²) in [5, 5.41) is 11.1. The van der Waals surface area contributed by atoms with Crippen LogP contribution in [-0.4, -0.2) is 30.9 Å². The van der Waals surface area contributed by atoms with E-state index >= 15 is 0 Å². The number of hydrogen-bond donors (Lipinski definition) is 2. The Morgan fingerprint density at radius 1 is 1.46 bits per heavy atom. The van der Waals surface area contributed by atoms with Crippen LogP contribution in [0.5, 0.6) is 0 Å². The van der Waals surface area contributed by atoms with Crippen molar-refractivity contribution in [3.8, 4) is 0 Å². The summed E-state index contributed by atoms with van der Waals surface area (Å²) in [6, 6.07) is 4.32. The Hall–Kier alpha value is -2.15. The zero-order valence-electron chi connectivity index (χ0n) is 13.7. The Bertz CT molecular complexity index is 710. The quantitative estimate of drug-likeness (QED) is 0.821. The first-order chi connectivity index (χ1) is 11.6. The van der Waals surface area contributed by atoms with Crippen LogP contribution in [0.4, 0.5) is 9.18 Å². The molecule has 0 radical (unpaired) electrons. The Morgan fingerprint density at radius 3 is 3.00 bits per heavy atom. The lowest BCUT2D eigenvalue weighted by atomic mass is 9.83. The van der Waals surface area contributed by atoms with Gasteiger partial charge in [-0.1, -0.05) is 18.5 Å². The maximum absolute atomic E-state index is 13.4. The average Bonchev–Trinajstić information content (AvgIpc) is 2.99. The van der Waals surface area contributed by atoms with Gasteiger partial charge in [0.1, 0.15) is 11.5 Å². The van der Waals surface area contributed by atoms with Crippen LogP contribution in [0, 0.1) is 5.82 Å². The summed E-state index contributed by atoms with van der Waals surface area (Å²) >= 11 is 0. The molecule has 0 unspecified atom stereocenters. The van der Waals surface area contributed by atoms with E-state index in [1.165, 1.54) is 12.1 Å². The van der Waals surface area contributed by atoms with Crippen LogP contribution in [0.3, 0.4) is 0 Å². The van der Waals surface area contributed by atoms with Gasteiger partial charge in [0, 0.05) is 11.5 Å². The van der Waals surface area contributed by atoms with E-state index in [2.05, 4.69) is 15.8 Å². The molecule has 1 fully saturated rings. The first-order valence-corrected chi connectivity index (χ1v) is 8.36. The van der Waals surface area contributed by atoms with Gasteiger partial charge in [0.25, 0.3) is 0 Å². The summed E-state index contributed by atoms with van der Waals surface area (Å²) in [4.78, 5) is 12.2. The molecule has 1 aromatic carbocycles. The van der Waals surface area contributed by atoms with Gasteiger partial charge in [-0.25, -0.2) is 9.18 Å². The van der Waals surface area contributed by atoms with Crippen molar-refractivity contribution in [1.82, 2.24) is 15.8 Å². The smallest absolute Gasteiger partial charge is 0.407 e. The molecule has 1 aliphatic rings. The number of benzene rings is 1. The lowest BCUT2D eigenvalue weighted by Gasteiger charge is -2.36. The monoisotopic (exact) mass is 335 g/mol. The number of rotatable bonds is 5. The van der Waals surface area contributed by atoms with Crippen LogP contribution in [0.15, 0.2) is 22.7 Å². The lowest BCUT2D eigenvalue weighted by Crippen LogP contribution is -2.52. The highest BCUT2D eigenvalue weighted by atomic mass is 19.1. The van der Waals surface area contributed by atoms with Crippen LogP contribution in [0.2, 0.25) is 0 Å². The number of nitrogens with zero attached hydrogens (tertiary/aromatic N) is 1. The van der Waals surface area contributed by atoms with Gasteiger partial charge in [0.05, 0.1) is 12.1 Å². The molecule has 0 bridgehead atoms. The van der Waals surface area contributed by atoms with Crippen molar-refractivity contribution in [2.24, 2.45) is 0 Å². The third-order valence-corrected chi connectivity index (χ3v) is 4.42. The molecular formula is C17H22FN3O3. The number of ether oxygens (including phenoxy) is 1. The largest absolute Gasteiger partial charge is 0.450 e. The molecule has 2 heterocycles. The molecule has 0 spiro atoms. The van der Waals surface area contributed by atoms with E-state index in [1.54, 1.807) is 6.07 Å². The van der Waals surface area contributed by atoms with E-state index in [1.807, 2.05) is 6.92 Å². The highest BCUT2D eigenvalue weighted by Crippen LogP contribution is 2.35. The highest BCUT2D eigenvalue weighted by Gasteiger charge is 2.40. The predicted octanol–water partition coefficient (Wildman–Crippen LogP) is 3.07. The standard InChI is InChI=1S/C17H22FN3O3/c1-2-3-10-23-16(22)20-17(6-8-19-9-7-17)15-13-5-4-12(18)11-14(13)24-21-15/h4-5,11,19H,2-3,6-10H2,1H3,(H,20,22). The number of nitrogens with one attached hydrogen (secondary N) is 2. The third-order valence-electron chi connectivity index (χ3n) is 4.42. The Kier molecular flexibility index (Phi) is 4.99. The summed E-state index contributed by atoms with van der Waals surface area (Å²) in [7, 11) is 0. The van der Waals surface area contributed by atoms with Gasteiger partial charge in [-0.05, 0) is 44.5 Å². The highest BCUT2D eigenvalue weighted by molar-refractivity contribution is 5.81. The van der Waals surface area contributed by atoms with Gasteiger partial charge < -0.3 is 19.9 Å². The SMILES string of the molecule is CCCCOC(=O)NC1(c2noc3cc(F)ccc23)CCNCC1. The van der Waals surface area contributed by atoms with Crippen molar-refractivity contribution in [3.05, 3.63) is 29.7 Å². The predicted molar refractivity (Wildman–Crippen MR) is 87.1 cm³/mol. The summed E-state index contributed by atoms with van der Waals surface area (Å²) < 4.78 is 23.9. The van der Waals surface area contributed by atoms with Gasteiger partial charge in [-0.15, -0.1) is 0 Å². The minimum atomic E-state index is -0.669. The Morgan fingerprint density at radius 2 is 2.25 bits per heavy atom. The Balaban J connectivity index is 1.88. The minimum absolute atomic E-state index is 0.378. The molecule has 0 saturated carbocycles. The summed E-state index contributed by atoms with van der Waals surface area (Å²) in [5.41, 5.74) is 0.341. The lowest BCUT2D eigenvalue weighted by molar-refractivity contribution is 0.121. The zero-order chi connectivity index (χ0) is 17.0. The van der Waals surface area contributed by atoms with Crippen LogP contribution in [-0.2, 0) is 10.3 Å². The van der Waals surface area contributed by atoms with Crippen molar-refractivity contribution in [3.63, 3.8) is 0 Å². The molecule has 1 saturated heterocycles. The molecular weight excluding hydrogens is 313 g/mol. The fraction of sp³-hybridized carbons (Fsp3) is 0.529. The second-order valence-electron chi connectivity index (χ2n) is 6.12. The molecule has 3 rings (SSSR count). The number of aromatic nitrogens is 1. The third kappa shape index (κ3) is 3.36. The van der Waals surface area contributed by atoms with E-state index in [-0.39, 0.29) is 5.82 Å². The Labute approximate surface area is 139 Å². The summed E-state index contributed by atoms with van der Waals surface area (Å²) in [6.07, 6.45) is 2.66. The second kappa shape index (κ2) is 7.17. The number of halogens is 1. The van der Waals surface area contributed by atoms with Crippen molar-refractivity contribution in [2.45, 2.75) is 38.1 Å². The van der Waals surface area contributed by atoms with Crippen molar-refractivity contribution in [2.75, 3.05) is 19.7 Å². The van der Waals surface area contributed by atoms with Crippen LogP contribution in [0.25, 0.3) is 11.0 Å². The number of unbranched alkanes of at least 4 members (excludes halogenated alkanes) is 1. The number of alkyl carbamates (subject to hydrolysis) is 1. The second-order valence-corrected chi connectivity index (χ2v) is 6.12. The van der Waals surface area contributed by atoms with E-state index < -0.39 is 11.6 Å². The topological polar surface area (TPSA) is 76.4 Å². The van der Waals surface area contributed by atoms with Gasteiger partial charge >= 0.3 is 6.09 Å². The first kappa shape index (κ1) is 16.7. The minimum Gasteiger partial charge on any atom is -0.450 e. The van der Waals surface area contributed by atoms with Crippen molar-refractivity contribution >= 4 is 17.1 Å². The summed E-state index contributed by atoms with van der Waals surface area (Å²) in [5.74, 6) is -0.378. The maximum Gasteiger partial charge on any atom is 0.407 e. The summed E-state index contributed by atoms with van der Waals surface area (Å²) in [6.45, 7) is 3.91. The molecule has 130 valence electrons. The first-order valence-electron chi connectivity index (χ1n) is 8.36. The van der Waals surface area contributed by atoms with Crippen molar-refractivity contribution < 1.29 is 18.4 Å². The van der Waals surface area contributed by atoms with Crippen LogP contribution in [0.1, 0.15) is 38.3 Å². The van der Waals surface area contributed by atoms with Gasteiger partial charge in [0.2, 0.25) is 0 Å². The molecule has 2 N–H and O–H groups in total. The average molecular weight is 335 g/mol. The molecule has 7 heteroatoms. The van der Waals surface area contributed by atoms with Crippen LogP contribution >= 0.6 is 0 Å². The molecule has 2 aromatic rings. The number of carbonyl (C=O) groups is 1. The molecule has 1 amide bonds. The van der Waals surface area contributed by atoms with E-state index in [9.17, 15) is 9.18 Å². The van der Waals surface area contributed by atoms with Crippen molar-refractivity contribution in [1.29, 1.82) is 0 Å². The molecule has 1 aliphatic heterocycles. The fourth-order valence-corrected chi connectivity index (χ4v) is 3.07. The number of fused-ring (bicyclic) bond motifs is 1. The van der Waals surface area contributed by atoms with Gasteiger partial charge in [-0.2, -0.15) is 0 Å². The van der Waals surface area contributed by atoms with Gasteiger partial charge in [-0.3, -0.25) is 0 Å².